The number of ether oxygens (including phenoxy) is 2. The van der Waals surface area contributed by atoms with E-state index in [1.54, 1.807) is 14.2 Å². The average Bonchev–Trinajstić information content (AvgIpc) is 3.31. The van der Waals surface area contributed by atoms with E-state index in [-0.39, 0.29) is 18.4 Å². The van der Waals surface area contributed by atoms with Crippen molar-refractivity contribution in [3.63, 3.8) is 0 Å². The molecule has 0 radical (unpaired) electrons. The highest BCUT2D eigenvalue weighted by atomic mass is 35.5. The van der Waals surface area contributed by atoms with E-state index in [4.69, 9.17) is 21.1 Å². The molecule has 0 aliphatic heterocycles. The Kier molecular flexibility index (Phi) is 7.27. The molecule has 1 atom stereocenters. The van der Waals surface area contributed by atoms with Crippen LogP contribution in [0.25, 0.3) is 10.6 Å². The molecule has 4 aromatic rings. The summed E-state index contributed by atoms with van der Waals surface area (Å²) in [6, 6.07) is 22.8. The molecule has 0 saturated carbocycles. The van der Waals surface area contributed by atoms with Crippen LogP contribution in [0.5, 0.6) is 11.5 Å². The first-order valence-corrected chi connectivity index (χ1v) is 11.6. The van der Waals surface area contributed by atoms with E-state index in [0.29, 0.717) is 22.2 Å². The van der Waals surface area contributed by atoms with Crippen molar-refractivity contribution in [2.75, 3.05) is 14.2 Å². The highest BCUT2D eigenvalue weighted by Crippen LogP contribution is 2.33. The number of halogens is 1. The minimum atomic E-state index is -0.278. The first-order chi connectivity index (χ1) is 16.1. The number of nitrogens with zero attached hydrogens (tertiary/aromatic N) is 1. The van der Waals surface area contributed by atoms with E-state index in [1.165, 1.54) is 11.3 Å². The largest absolute Gasteiger partial charge is 0.493 e. The lowest BCUT2D eigenvalue weighted by Gasteiger charge is -2.20. The Hall–Kier alpha value is -3.35. The summed E-state index contributed by atoms with van der Waals surface area (Å²) in [6.45, 7) is 0. The molecule has 1 heterocycles. The van der Waals surface area contributed by atoms with Crippen LogP contribution in [-0.4, -0.2) is 25.1 Å². The molecule has 168 valence electrons. The van der Waals surface area contributed by atoms with Gasteiger partial charge < -0.3 is 14.8 Å². The predicted octanol–water partition coefficient (Wildman–Crippen LogP) is 5.93. The molecule has 7 heteroatoms. The van der Waals surface area contributed by atoms with Gasteiger partial charge >= 0.3 is 0 Å². The van der Waals surface area contributed by atoms with Crippen LogP contribution in [0, 0.1) is 0 Å². The minimum absolute atomic E-state index is 0.108. The molecule has 0 aliphatic rings. The van der Waals surface area contributed by atoms with E-state index >= 15 is 0 Å². The van der Waals surface area contributed by atoms with Gasteiger partial charge in [-0.25, -0.2) is 4.98 Å². The number of hydrogen-bond acceptors (Lipinski definition) is 5. The van der Waals surface area contributed by atoms with Gasteiger partial charge in [0.2, 0.25) is 5.91 Å². The molecule has 0 spiro atoms. The summed E-state index contributed by atoms with van der Waals surface area (Å²) in [6.07, 6.45) is 0.181. The Morgan fingerprint density at radius 2 is 1.67 bits per heavy atom. The Balaban J connectivity index is 1.51. The number of rotatable bonds is 8. The zero-order valence-corrected chi connectivity index (χ0v) is 19.8. The Labute approximate surface area is 202 Å². The van der Waals surface area contributed by atoms with Gasteiger partial charge in [-0.1, -0.05) is 54.1 Å². The van der Waals surface area contributed by atoms with Crippen molar-refractivity contribution in [3.05, 3.63) is 100 Å². The van der Waals surface area contributed by atoms with Crippen molar-refractivity contribution in [1.82, 2.24) is 10.3 Å². The van der Waals surface area contributed by atoms with E-state index in [0.717, 1.165) is 21.7 Å². The van der Waals surface area contributed by atoms with Gasteiger partial charge in [0, 0.05) is 16.0 Å². The number of carbonyl (C=O) groups excluding carboxylic acids is 1. The smallest absolute Gasteiger partial charge is 0.226 e. The molecule has 4 rings (SSSR count). The molecule has 5 nitrogen and oxygen atoms in total. The summed E-state index contributed by atoms with van der Waals surface area (Å²) >= 11 is 7.54. The maximum Gasteiger partial charge on any atom is 0.226 e. The lowest BCUT2D eigenvalue weighted by atomic mass is 9.98. The van der Waals surface area contributed by atoms with Gasteiger partial charge in [-0.3, -0.25) is 4.79 Å². The van der Waals surface area contributed by atoms with Crippen molar-refractivity contribution in [2.45, 2.75) is 12.5 Å². The number of benzene rings is 3. The Morgan fingerprint density at radius 1 is 0.970 bits per heavy atom. The zero-order chi connectivity index (χ0) is 23.2. The number of nitrogens with one attached hydrogen (secondary N) is 1. The monoisotopic (exact) mass is 478 g/mol. The first-order valence-electron chi connectivity index (χ1n) is 10.3. The van der Waals surface area contributed by atoms with Crippen molar-refractivity contribution in [3.8, 4) is 22.1 Å². The second-order valence-corrected chi connectivity index (χ2v) is 8.65. The fourth-order valence-electron chi connectivity index (χ4n) is 3.53. The van der Waals surface area contributed by atoms with E-state index < -0.39 is 0 Å². The third kappa shape index (κ3) is 5.53. The summed E-state index contributed by atoms with van der Waals surface area (Å²) in [5.41, 5.74) is 3.58. The standard InChI is InChI=1S/C26H23ClN2O3S/c1-31-22-13-10-19(14-23(22)32-2)26-28-21(16-33-26)15-24(30)29-25(17-6-4-3-5-7-17)18-8-11-20(27)12-9-18/h3-14,16,25H,15H2,1-2H3,(H,29,30). The molecule has 0 saturated heterocycles. The zero-order valence-electron chi connectivity index (χ0n) is 18.2. The molecule has 1 unspecified atom stereocenters. The van der Waals surface area contributed by atoms with Crippen molar-refractivity contribution in [1.29, 1.82) is 0 Å². The average molecular weight is 479 g/mol. The van der Waals surface area contributed by atoms with Crippen molar-refractivity contribution < 1.29 is 14.3 Å². The van der Waals surface area contributed by atoms with E-state index in [9.17, 15) is 4.79 Å². The van der Waals surface area contributed by atoms with Gasteiger partial charge in [-0.05, 0) is 41.5 Å². The summed E-state index contributed by atoms with van der Waals surface area (Å²) in [5, 5.41) is 6.52. The lowest BCUT2D eigenvalue weighted by Crippen LogP contribution is -2.30. The highest BCUT2D eigenvalue weighted by molar-refractivity contribution is 7.13. The van der Waals surface area contributed by atoms with E-state index in [1.807, 2.05) is 78.2 Å². The summed E-state index contributed by atoms with van der Waals surface area (Å²) in [5.74, 6) is 1.19. The third-order valence-electron chi connectivity index (χ3n) is 5.17. The van der Waals surface area contributed by atoms with Crippen LogP contribution in [0.4, 0.5) is 0 Å². The molecular weight excluding hydrogens is 456 g/mol. The Morgan fingerprint density at radius 3 is 2.36 bits per heavy atom. The molecule has 0 fully saturated rings. The fraction of sp³-hybridized carbons (Fsp3) is 0.154. The van der Waals surface area contributed by atoms with Crippen molar-refractivity contribution in [2.24, 2.45) is 0 Å². The number of thiazole rings is 1. The number of aromatic nitrogens is 1. The fourth-order valence-corrected chi connectivity index (χ4v) is 4.47. The maximum atomic E-state index is 13.0. The van der Waals surface area contributed by atoms with Gasteiger partial charge in [-0.2, -0.15) is 0 Å². The quantitative estimate of drug-likeness (QED) is 0.341. The SMILES string of the molecule is COc1ccc(-c2nc(CC(=O)NC(c3ccccc3)c3ccc(Cl)cc3)cs2)cc1OC. The first kappa shape index (κ1) is 22.8. The minimum Gasteiger partial charge on any atom is -0.493 e. The van der Waals surface area contributed by atoms with Gasteiger partial charge in [0.15, 0.2) is 11.5 Å². The molecule has 3 aromatic carbocycles. The molecule has 1 amide bonds. The number of hydrogen-bond donors (Lipinski definition) is 1. The topological polar surface area (TPSA) is 60.5 Å². The van der Waals surface area contributed by atoms with Gasteiger partial charge in [-0.15, -0.1) is 11.3 Å². The van der Waals surface area contributed by atoms with Crippen LogP contribution in [0.3, 0.4) is 0 Å². The number of carbonyl (C=O) groups is 1. The van der Waals surface area contributed by atoms with Crippen molar-refractivity contribution >= 4 is 28.8 Å². The van der Waals surface area contributed by atoms with Gasteiger partial charge in [0.25, 0.3) is 0 Å². The number of amides is 1. The van der Waals surface area contributed by atoms with Crippen LogP contribution in [0.15, 0.2) is 78.2 Å². The van der Waals surface area contributed by atoms with Gasteiger partial charge in [0.1, 0.15) is 5.01 Å². The van der Waals surface area contributed by atoms with Crippen LogP contribution in [-0.2, 0) is 11.2 Å². The van der Waals surface area contributed by atoms with Crippen LogP contribution >= 0.6 is 22.9 Å². The van der Waals surface area contributed by atoms with E-state index in [2.05, 4.69) is 10.3 Å². The number of methoxy groups -OCH3 is 2. The molecular formula is C26H23ClN2O3S. The second-order valence-electron chi connectivity index (χ2n) is 7.35. The Bertz CT molecular complexity index is 1230. The molecule has 0 bridgehead atoms. The second kappa shape index (κ2) is 10.5. The maximum absolute atomic E-state index is 13.0. The lowest BCUT2D eigenvalue weighted by molar-refractivity contribution is -0.121. The molecule has 1 aromatic heterocycles. The van der Waals surface area contributed by atoms with Crippen LogP contribution < -0.4 is 14.8 Å². The van der Waals surface area contributed by atoms with Crippen LogP contribution in [0.2, 0.25) is 5.02 Å². The predicted molar refractivity (Wildman–Crippen MR) is 132 cm³/mol. The summed E-state index contributed by atoms with van der Waals surface area (Å²) in [7, 11) is 3.20. The normalized spacial score (nSPS) is 11.6. The molecule has 1 N–H and O–H groups in total. The summed E-state index contributed by atoms with van der Waals surface area (Å²) in [4.78, 5) is 17.6. The third-order valence-corrected chi connectivity index (χ3v) is 6.36. The summed E-state index contributed by atoms with van der Waals surface area (Å²) < 4.78 is 10.7. The molecule has 0 aliphatic carbocycles. The van der Waals surface area contributed by atoms with Gasteiger partial charge in [0.05, 0.1) is 32.4 Å². The molecule has 33 heavy (non-hydrogen) atoms. The highest BCUT2D eigenvalue weighted by Gasteiger charge is 2.18. The van der Waals surface area contributed by atoms with Crippen LogP contribution in [0.1, 0.15) is 22.9 Å².